The fraction of sp³-hybridized carbons (Fsp3) is 0.381. The van der Waals surface area contributed by atoms with Gasteiger partial charge in [-0.2, -0.15) is 0 Å². The second-order valence-electron chi connectivity index (χ2n) is 6.99. The molecule has 1 amide bonds. The van der Waals surface area contributed by atoms with Crippen molar-refractivity contribution in [3.8, 4) is 0 Å². The van der Waals surface area contributed by atoms with E-state index in [4.69, 9.17) is 0 Å². The van der Waals surface area contributed by atoms with Crippen molar-refractivity contribution in [1.82, 2.24) is 9.80 Å². The van der Waals surface area contributed by atoms with Gasteiger partial charge < -0.3 is 5.32 Å². The Bertz CT molecular complexity index is 732. The van der Waals surface area contributed by atoms with Crippen molar-refractivity contribution in [2.24, 2.45) is 0 Å². The molecule has 1 saturated heterocycles. The van der Waals surface area contributed by atoms with E-state index >= 15 is 0 Å². The SMILES string of the molecule is Cc1cccc(C)c1NC(=O)CN1CCN(Cc2ccc(F)cc2)CC1. The molecule has 1 heterocycles. The Kier molecular flexibility index (Phi) is 6.01. The van der Waals surface area contributed by atoms with E-state index < -0.39 is 0 Å². The van der Waals surface area contributed by atoms with E-state index in [0.29, 0.717) is 6.54 Å². The van der Waals surface area contributed by atoms with Crippen molar-refractivity contribution in [3.05, 3.63) is 65.0 Å². The summed E-state index contributed by atoms with van der Waals surface area (Å²) in [6.45, 7) is 8.80. The average molecular weight is 355 g/mol. The third-order valence-corrected chi connectivity index (χ3v) is 4.90. The molecule has 2 aromatic carbocycles. The number of amides is 1. The Hall–Kier alpha value is -2.24. The number of hydrogen-bond acceptors (Lipinski definition) is 3. The number of benzene rings is 2. The number of para-hydroxylation sites is 1. The highest BCUT2D eigenvalue weighted by molar-refractivity contribution is 5.93. The number of anilines is 1. The lowest BCUT2D eigenvalue weighted by atomic mass is 10.1. The molecule has 5 heteroatoms. The van der Waals surface area contributed by atoms with Crippen LogP contribution < -0.4 is 5.32 Å². The Labute approximate surface area is 154 Å². The molecule has 0 aliphatic carbocycles. The number of piperazine rings is 1. The second-order valence-corrected chi connectivity index (χ2v) is 6.99. The summed E-state index contributed by atoms with van der Waals surface area (Å²) in [5, 5.41) is 3.05. The molecule has 0 atom stereocenters. The lowest BCUT2D eigenvalue weighted by Gasteiger charge is -2.34. The Morgan fingerprint density at radius 1 is 0.962 bits per heavy atom. The van der Waals surface area contributed by atoms with Crippen molar-refractivity contribution in [2.75, 3.05) is 38.0 Å². The van der Waals surface area contributed by atoms with E-state index in [9.17, 15) is 9.18 Å². The predicted octanol–water partition coefficient (Wildman–Crippen LogP) is 3.20. The van der Waals surface area contributed by atoms with E-state index in [1.165, 1.54) is 12.1 Å². The molecule has 0 radical (unpaired) electrons. The van der Waals surface area contributed by atoms with E-state index in [1.54, 1.807) is 0 Å². The maximum absolute atomic E-state index is 13.0. The summed E-state index contributed by atoms with van der Waals surface area (Å²) in [5.74, 6) is -0.164. The van der Waals surface area contributed by atoms with Crippen molar-refractivity contribution < 1.29 is 9.18 Å². The molecule has 0 bridgehead atoms. The number of nitrogens with zero attached hydrogens (tertiary/aromatic N) is 2. The normalized spacial score (nSPS) is 15.8. The Balaban J connectivity index is 1.46. The zero-order chi connectivity index (χ0) is 18.5. The lowest BCUT2D eigenvalue weighted by molar-refractivity contribution is -0.117. The van der Waals surface area contributed by atoms with E-state index in [-0.39, 0.29) is 11.7 Å². The molecule has 1 fully saturated rings. The molecule has 0 saturated carbocycles. The number of aryl methyl sites for hydroxylation is 2. The summed E-state index contributed by atoms with van der Waals surface area (Å²) in [6, 6.07) is 12.7. The number of carbonyl (C=O) groups is 1. The van der Waals surface area contributed by atoms with Gasteiger partial charge in [0.15, 0.2) is 0 Å². The maximum atomic E-state index is 13.0. The molecule has 26 heavy (non-hydrogen) atoms. The largest absolute Gasteiger partial charge is 0.324 e. The van der Waals surface area contributed by atoms with Gasteiger partial charge in [0.2, 0.25) is 5.91 Å². The summed E-state index contributed by atoms with van der Waals surface area (Å²) in [7, 11) is 0. The third kappa shape index (κ3) is 4.90. The van der Waals surface area contributed by atoms with Gasteiger partial charge in [-0.05, 0) is 42.7 Å². The van der Waals surface area contributed by atoms with Gasteiger partial charge in [-0.3, -0.25) is 14.6 Å². The maximum Gasteiger partial charge on any atom is 0.238 e. The fourth-order valence-corrected chi connectivity index (χ4v) is 3.35. The minimum Gasteiger partial charge on any atom is -0.324 e. The molecule has 0 aromatic heterocycles. The van der Waals surface area contributed by atoms with Crippen LogP contribution in [0.4, 0.5) is 10.1 Å². The summed E-state index contributed by atoms with van der Waals surface area (Å²) in [5.41, 5.74) is 4.21. The summed E-state index contributed by atoms with van der Waals surface area (Å²) >= 11 is 0. The van der Waals surface area contributed by atoms with Gasteiger partial charge in [-0.15, -0.1) is 0 Å². The highest BCUT2D eigenvalue weighted by Crippen LogP contribution is 2.19. The summed E-state index contributed by atoms with van der Waals surface area (Å²) in [6.07, 6.45) is 0. The molecule has 2 aromatic rings. The summed E-state index contributed by atoms with van der Waals surface area (Å²) in [4.78, 5) is 16.9. The first kappa shape index (κ1) is 18.5. The van der Waals surface area contributed by atoms with Crippen molar-refractivity contribution in [1.29, 1.82) is 0 Å². The van der Waals surface area contributed by atoms with Crippen LogP contribution in [0.15, 0.2) is 42.5 Å². The minimum atomic E-state index is -0.200. The first-order chi connectivity index (χ1) is 12.5. The quantitative estimate of drug-likeness (QED) is 0.895. The second kappa shape index (κ2) is 8.43. The van der Waals surface area contributed by atoms with Crippen LogP contribution in [0.2, 0.25) is 0 Å². The van der Waals surface area contributed by atoms with Crippen LogP contribution in [0.1, 0.15) is 16.7 Å². The summed E-state index contributed by atoms with van der Waals surface area (Å²) < 4.78 is 13.0. The van der Waals surface area contributed by atoms with E-state index in [0.717, 1.165) is 55.1 Å². The van der Waals surface area contributed by atoms with Crippen molar-refractivity contribution in [3.63, 3.8) is 0 Å². The molecular formula is C21H26FN3O. The number of carbonyl (C=O) groups excluding carboxylic acids is 1. The van der Waals surface area contributed by atoms with Gasteiger partial charge >= 0.3 is 0 Å². The van der Waals surface area contributed by atoms with Gasteiger partial charge in [-0.25, -0.2) is 4.39 Å². The Morgan fingerprint density at radius 2 is 1.54 bits per heavy atom. The van der Waals surface area contributed by atoms with E-state index in [2.05, 4.69) is 15.1 Å². The molecule has 3 rings (SSSR count). The molecule has 138 valence electrons. The zero-order valence-electron chi connectivity index (χ0n) is 15.5. The first-order valence-corrected chi connectivity index (χ1v) is 9.06. The van der Waals surface area contributed by atoms with Gasteiger partial charge in [-0.1, -0.05) is 30.3 Å². The minimum absolute atomic E-state index is 0.0365. The number of rotatable bonds is 5. The lowest BCUT2D eigenvalue weighted by Crippen LogP contribution is -2.48. The first-order valence-electron chi connectivity index (χ1n) is 9.06. The Morgan fingerprint density at radius 3 is 2.15 bits per heavy atom. The van der Waals surface area contributed by atoms with Crippen LogP contribution in [0.3, 0.4) is 0 Å². The van der Waals surface area contributed by atoms with Crippen molar-refractivity contribution in [2.45, 2.75) is 20.4 Å². The average Bonchev–Trinajstić information content (AvgIpc) is 2.62. The van der Waals surface area contributed by atoms with Crippen LogP contribution in [-0.4, -0.2) is 48.4 Å². The topological polar surface area (TPSA) is 35.6 Å². The molecule has 4 nitrogen and oxygen atoms in total. The van der Waals surface area contributed by atoms with Gasteiger partial charge in [0.05, 0.1) is 6.54 Å². The zero-order valence-corrected chi connectivity index (χ0v) is 15.5. The van der Waals surface area contributed by atoms with Gasteiger partial charge in [0.25, 0.3) is 0 Å². The number of nitrogens with one attached hydrogen (secondary N) is 1. The number of halogens is 1. The van der Waals surface area contributed by atoms with Crippen LogP contribution >= 0.6 is 0 Å². The smallest absolute Gasteiger partial charge is 0.238 e. The van der Waals surface area contributed by atoms with Crippen LogP contribution in [0.25, 0.3) is 0 Å². The van der Waals surface area contributed by atoms with Crippen LogP contribution in [0.5, 0.6) is 0 Å². The van der Waals surface area contributed by atoms with Gasteiger partial charge in [0.1, 0.15) is 5.82 Å². The van der Waals surface area contributed by atoms with Crippen LogP contribution in [0, 0.1) is 19.7 Å². The highest BCUT2D eigenvalue weighted by atomic mass is 19.1. The molecular weight excluding hydrogens is 329 g/mol. The fourth-order valence-electron chi connectivity index (χ4n) is 3.35. The van der Waals surface area contributed by atoms with Crippen LogP contribution in [-0.2, 0) is 11.3 Å². The predicted molar refractivity (Wildman–Crippen MR) is 103 cm³/mol. The van der Waals surface area contributed by atoms with E-state index in [1.807, 2.05) is 44.2 Å². The molecule has 1 N–H and O–H groups in total. The van der Waals surface area contributed by atoms with Gasteiger partial charge in [0, 0.05) is 38.4 Å². The molecule has 0 unspecified atom stereocenters. The third-order valence-electron chi connectivity index (χ3n) is 4.90. The molecule has 1 aliphatic heterocycles. The standard InChI is InChI=1S/C21H26FN3O/c1-16-4-3-5-17(2)21(16)23-20(26)15-25-12-10-24(11-13-25)14-18-6-8-19(22)9-7-18/h3-9H,10-15H2,1-2H3,(H,23,26). The number of hydrogen-bond donors (Lipinski definition) is 1. The monoisotopic (exact) mass is 355 g/mol. The molecule has 0 spiro atoms. The highest BCUT2D eigenvalue weighted by Gasteiger charge is 2.19. The van der Waals surface area contributed by atoms with Crippen molar-refractivity contribution >= 4 is 11.6 Å². The molecule has 1 aliphatic rings.